The molecule has 0 spiro atoms. The minimum Gasteiger partial charge on any atom is -0.468 e. The summed E-state index contributed by atoms with van der Waals surface area (Å²) < 4.78 is 4.81. The Balaban J connectivity index is 2.47. The number of ketones is 1. The highest BCUT2D eigenvalue weighted by atomic mass is 16.5. The number of Topliss-reactive ketones (excluding diaryl/α,β-unsaturated/α-hetero) is 1. The van der Waals surface area contributed by atoms with Gasteiger partial charge >= 0.3 is 5.97 Å². The maximum absolute atomic E-state index is 12.0. The Hall–Kier alpha value is -1.12. The number of ether oxygens (including phenoxy) is 1. The van der Waals surface area contributed by atoms with Gasteiger partial charge in [-0.15, -0.1) is 0 Å². The number of methoxy groups -OCH3 is 1. The van der Waals surface area contributed by atoms with Crippen molar-refractivity contribution in [3.63, 3.8) is 0 Å². The normalized spacial score (nSPS) is 35.1. The van der Waals surface area contributed by atoms with Crippen molar-refractivity contribution in [3.8, 4) is 0 Å². The predicted octanol–water partition coefficient (Wildman–Crippen LogP) is 1.86. The van der Waals surface area contributed by atoms with E-state index < -0.39 is 5.41 Å². The van der Waals surface area contributed by atoms with E-state index in [9.17, 15) is 9.59 Å². The molecular weight excluding hydrogens is 192 g/mol. The summed E-state index contributed by atoms with van der Waals surface area (Å²) in [5.41, 5.74) is -0.208. The maximum atomic E-state index is 12.0. The summed E-state index contributed by atoms with van der Waals surface area (Å²) in [5.74, 6) is -0.234. The number of hydrogen-bond acceptors (Lipinski definition) is 3. The monoisotopic (exact) mass is 208 g/mol. The molecule has 0 unspecified atom stereocenters. The Labute approximate surface area is 89.5 Å². The van der Waals surface area contributed by atoms with Crippen LogP contribution < -0.4 is 0 Å². The van der Waals surface area contributed by atoms with Gasteiger partial charge in [-0.1, -0.05) is 12.2 Å². The first-order valence-electron chi connectivity index (χ1n) is 5.44. The number of rotatable bonds is 1. The SMILES string of the molecule is C=C1CCC[C@@H]2CCC(=O)[C@]12C(=O)OC. The molecule has 0 aromatic rings. The van der Waals surface area contributed by atoms with Gasteiger partial charge in [-0.2, -0.15) is 0 Å². The summed E-state index contributed by atoms with van der Waals surface area (Å²) in [4.78, 5) is 23.9. The van der Waals surface area contributed by atoms with Gasteiger partial charge in [-0.3, -0.25) is 9.59 Å². The number of hydrogen-bond donors (Lipinski definition) is 0. The zero-order valence-electron chi connectivity index (χ0n) is 9.04. The predicted molar refractivity (Wildman–Crippen MR) is 55.2 cm³/mol. The first-order valence-corrected chi connectivity index (χ1v) is 5.44. The molecule has 2 atom stereocenters. The van der Waals surface area contributed by atoms with Crippen molar-refractivity contribution in [1.82, 2.24) is 0 Å². The van der Waals surface area contributed by atoms with Gasteiger partial charge in [0.1, 0.15) is 5.41 Å². The molecule has 3 nitrogen and oxygen atoms in total. The van der Waals surface area contributed by atoms with E-state index in [1.165, 1.54) is 7.11 Å². The summed E-state index contributed by atoms with van der Waals surface area (Å²) in [6.07, 6.45) is 4.07. The van der Waals surface area contributed by atoms with Crippen molar-refractivity contribution in [3.05, 3.63) is 12.2 Å². The van der Waals surface area contributed by atoms with E-state index in [-0.39, 0.29) is 17.7 Å². The van der Waals surface area contributed by atoms with Crippen LogP contribution in [0.25, 0.3) is 0 Å². The van der Waals surface area contributed by atoms with Crippen LogP contribution in [-0.2, 0) is 14.3 Å². The Morgan fingerprint density at radius 2 is 2.20 bits per heavy atom. The molecule has 0 bridgehead atoms. The van der Waals surface area contributed by atoms with Gasteiger partial charge in [-0.25, -0.2) is 0 Å². The van der Waals surface area contributed by atoms with Gasteiger partial charge in [0.05, 0.1) is 7.11 Å². The highest BCUT2D eigenvalue weighted by Crippen LogP contribution is 2.53. The van der Waals surface area contributed by atoms with Gasteiger partial charge < -0.3 is 4.74 Å². The average molecular weight is 208 g/mol. The van der Waals surface area contributed by atoms with Crippen molar-refractivity contribution < 1.29 is 14.3 Å². The Morgan fingerprint density at radius 3 is 2.87 bits per heavy atom. The fourth-order valence-corrected chi connectivity index (χ4v) is 3.14. The smallest absolute Gasteiger partial charge is 0.323 e. The molecule has 3 heteroatoms. The van der Waals surface area contributed by atoms with Crippen molar-refractivity contribution in [2.45, 2.75) is 32.1 Å². The second-order valence-corrected chi connectivity index (χ2v) is 4.45. The lowest BCUT2D eigenvalue weighted by atomic mass is 9.65. The molecule has 0 N–H and O–H groups in total. The molecule has 0 amide bonds. The number of carbonyl (C=O) groups excluding carboxylic acids is 2. The molecule has 0 saturated heterocycles. The fourth-order valence-electron chi connectivity index (χ4n) is 3.14. The topological polar surface area (TPSA) is 43.4 Å². The van der Waals surface area contributed by atoms with E-state index in [0.29, 0.717) is 6.42 Å². The van der Waals surface area contributed by atoms with E-state index in [0.717, 1.165) is 31.3 Å². The first kappa shape index (κ1) is 10.4. The molecule has 2 rings (SSSR count). The van der Waals surface area contributed by atoms with Gasteiger partial charge in [-0.05, 0) is 31.6 Å². The largest absolute Gasteiger partial charge is 0.468 e. The van der Waals surface area contributed by atoms with E-state index in [1.54, 1.807) is 0 Å². The molecule has 0 aliphatic heterocycles. The average Bonchev–Trinajstić information content (AvgIpc) is 2.58. The second-order valence-electron chi connectivity index (χ2n) is 4.45. The summed E-state index contributed by atoms with van der Waals surface area (Å²) >= 11 is 0. The van der Waals surface area contributed by atoms with Gasteiger partial charge in [0.2, 0.25) is 0 Å². The lowest BCUT2D eigenvalue weighted by molar-refractivity contribution is -0.157. The number of carbonyl (C=O) groups is 2. The minimum atomic E-state index is -0.979. The van der Waals surface area contributed by atoms with E-state index >= 15 is 0 Å². The summed E-state index contributed by atoms with van der Waals surface area (Å²) in [6.45, 7) is 3.93. The molecule has 0 heterocycles. The Morgan fingerprint density at radius 1 is 1.47 bits per heavy atom. The lowest BCUT2D eigenvalue weighted by Gasteiger charge is -2.37. The molecule has 0 radical (unpaired) electrons. The van der Waals surface area contributed by atoms with Crippen LogP contribution in [0.5, 0.6) is 0 Å². The highest BCUT2D eigenvalue weighted by molar-refractivity contribution is 6.09. The Bertz CT molecular complexity index is 322. The molecule has 2 aliphatic carbocycles. The third-order valence-corrected chi connectivity index (χ3v) is 3.87. The minimum absolute atomic E-state index is 0.0176. The van der Waals surface area contributed by atoms with E-state index in [1.807, 2.05) is 0 Å². The van der Waals surface area contributed by atoms with Crippen LogP contribution in [0.4, 0.5) is 0 Å². The molecule has 82 valence electrons. The third-order valence-electron chi connectivity index (χ3n) is 3.87. The molecule has 0 aromatic heterocycles. The summed E-state index contributed by atoms with van der Waals surface area (Å²) in [7, 11) is 1.35. The standard InChI is InChI=1S/C12H16O3/c1-8-4-3-5-9-6-7-10(13)12(8,9)11(14)15-2/h9H,1,3-7H2,2H3/t9-,12+/m1/s1. The quantitative estimate of drug-likeness (QED) is 0.375. The van der Waals surface area contributed by atoms with Crippen LogP contribution in [0.15, 0.2) is 12.2 Å². The molecular formula is C12H16O3. The molecule has 0 aromatic carbocycles. The number of fused-ring (bicyclic) bond motifs is 1. The van der Waals surface area contributed by atoms with Crippen LogP contribution in [0, 0.1) is 11.3 Å². The van der Waals surface area contributed by atoms with Crippen LogP contribution in [0.1, 0.15) is 32.1 Å². The summed E-state index contributed by atoms with van der Waals surface area (Å²) in [5, 5.41) is 0. The van der Waals surface area contributed by atoms with Gasteiger partial charge in [0.15, 0.2) is 5.78 Å². The maximum Gasteiger partial charge on any atom is 0.323 e. The van der Waals surface area contributed by atoms with Crippen molar-refractivity contribution in [1.29, 1.82) is 0 Å². The van der Waals surface area contributed by atoms with Crippen LogP contribution in [-0.4, -0.2) is 18.9 Å². The van der Waals surface area contributed by atoms with Crippen LogP contribution >= 0.6 is 0 Å². The van der Waals surface area contributed by atoms with E-state index in [2.05, 4.69) is 6.58 Å². The van der Waals surface area contributed by atoms with Crippen molar-refractivity contribution >= 4 is 11.8 Å². The van der Waals surface area contributed by atoms with Crippen LogP contribution in [0.2, 0.25) is 0 Å². The van der Waals surface area contributed by atoms with Crippen molar-refractivity contribution in [2.75, 3.05) is 7.11 Å². The Kier molecular flexibility index (Phi) is 2.41. The molecule has 2 fully saturated rings. The second kappa shape index (κ2) is 3.47. The van der Waals surface area contributed by atoms with Gasteiger partial charge in [0.25, 0.3) is 0 Å². The summed E-state index contributed by atoms with van der Waals surface area (Å²) in [6, 6.07) is 0. The fraction of sp³-hybridized carbons (Fsp3) is 0.667. The van der Waals surface area contributed by atoms with Gasteiger partial charge in [0, 0.05) is 6.42 Å². The third kappa shape index (κ3) is 1.18. The number of esters is 1. The zero-order chi connectivity index (χ0) is 11.1. The lowest BCUT2D eigenvalue weighted by Crippen LogP contribution is -2.45. The molecule has 15 heavy (non-hydrogen) atoms. The molecule has 2 aliphatic rings. The van der Waals surface area contributed by atoms with E-state index in [4.69, 9.17) is 4.74 Å². The zero-order valence-corrected chi connectivity index (χ0v) is 9.04. The first-order chi connectivity index (χ1) is 7.14. The highest BCUT2D eigenvalue weighted by Gasteiger charge is 2.58. The van der Waals surface area contributed by atoms with Crippen LogP contribution in [0.3, 0.4) is 0 Å². The molecule has 2 saturated carbocycles. The van der Waals surface area contributed by atoms with Crippen molar-refractivity contribution in [2.24, 2.45) is 11.3 Å².